The second kappa shape index (κ2) is 51.4. The lowest BCUT2D eigenvalue weighted by Crippen LogP contribution is -2.25. The van der Waals surface area contributed by atoms with Gasteiger partial charge in [-0.25, -0.2) is 4.98 Å². The monoisotopic (exact) mass is 2390 g/mol. The smallest absolute Gasteiger partial charge is 0.137 e. The van der Waals surface area contributed by atoms with Crippen LogP contribution >= 0.6 is 480 Å². The molecule has 0 amide bonds. The van der Waals surface area contributed by atoms with E-state index in [2.05, 4.69) is 398 Å². The van der Waals surface area contributed by atoms with Gasteiger partial charge in [0.25, 0.3) is 0 Å². The van der Waals surface area contributed by atoms with Gasteiger partial charge in [0.05, 0.1) is 34.0 Å². The first-order valence-corrected chi connectivity index (χ1v) is 135. The van der Waals surface area contributed by atoms with E-state index in [0.29, 0.717) is 0 Å². The number of nitrogens with zero attached hydrogens (tertiary/aromatic N) is 4. The molecule has 0 bridgehead atoms. The number of pyridine rings is 1. The summed E-state index contributed by atoms with van der Waals surface area (Å²) in [4.78, 5) is 10.2. The molecule has 7 rings (SSSR count). The summed E-state index contributed by atoms with van der Waals surface area (Å²) in [5.74, 6) is 0.994. The minimum absolute atomic E-state index is 0.380. The first-order chi connectivity index (χ1) is 45.2. The Balaban J connectivity index is 2.12. The van der Waals surface area contributed by atoms with Crippen molar-refractivity contribution >= 4 is 519 Å². The number of benzene rings is 4. The molecule has 64 heteroatoms. The highest BCUT2D eigenvalue weighted by Gasteiger charge is 2.68. The second-order valence-electron chi connectivity index (χ2n) is 19.2. The van der Waals surface area contributed by atoms with Crippen LogP contribution in [0.2, 0.25) is 0 Å². The number of hydrogen-bond donors (Lipinski definition) is 0. The highest BCUT2D eigenvalue weighted by molar-refractivity contribution is 9.43. The lowest BCUT2D eigenvalue weighted by Gasteiger charge is -2.64. The molecule has 4 aromatic carbocycles. The van der Waals surface area contributed by atoms with E-state index in [9.17, 15) is 0 Å². The number of para-hydroxylation sites is 3. The fourth-order valence-electron chi connectivity index (χ4n) is 9.94. The molecule has 0 aliphatic carbocycles. The summed E-state index contributed by atoms with van der Waals surface area (Å²) < 4.78 is 2.61. The molecule has 2 aromatic heterocycles. The van der Waals surface area contributed by atoms with Crippen LogP contribution in [-0.2, 0) is 4.90 Å². The van der Waals surface area contributed by atoms with Crippen LogP contribution in [0, 0.1) is 0 Å². The summed E-state index contributed by atoms with van der Waals surface area (Å²) in [6.45, 7) is -13.8. The molecule has 4 nitrogen and oxygen atoms in total. The topological polar surface area (TPSA) is 24.3 Å². The van der Waals surface area contributed by atoms with Crippen molar-refractivity contribution in [3.63, 3.8) is 0 Å². The lowest BCUT2D eigenvalue weighted by atomic mass is 10.0. The van der Waals surface area contributed by atoms with Gasteiger partial charge in [0.2, 0.25) is 0 Å². The molecule has 96 heavy (non-hydrogen) atoms. The molecule has 1 aliphatic rings. The van der Waals surface area contributed by atoms with Crippen LogP contribution in [0.1, 0.15) is 11.1 Å². The molecule has 0 fully saturated rings. The molecule has 0 N–H and O–H groups in total. The van der Waals surface area contributed by atoms with Gasteiger partial charge in [0.15, 0.2) is 0 Å². The van der Waals surface area contributed by atoms with E-state index in [0.717, 1.165) is 28.4 Å². The third kappa shape index (κ3) is 26.5. The van der Waals surface area contributed by atoms with Crippen molar-refractivity contribution in [2.24, 2.45) is 0 Å². The van der Waals surface area contributed by atoms with Crippen LogP contribution in [0.4, 0.5) is 17.1 Å². The van der Waals surface area contributed by atoms with Crippen LogP contribution in [0.3, 0.4) is 0 Å². The number of aromatic nitrogens is 2. The van der Waals surface area contributed by atoms with Crippen LogP contribution in [-0.4, -0.2) is 23.3 Å². The zero-order valence-electron chi connectivity index (χ0n) is 50.8. The van der Waals surface area contributed by atoms with Gasteiger partial charge in [0.1, 0.15) is 5.82 Å². The normalized spacial score (nSPS) is 16.8. The molecular weight excluding hydrogens is 2300 g/mol. The third-order valence-electron chi connectivity index (χ3n) is 13.2. The third-order valence-corrected chi connectivity index (χ3v) is 413. The minimum atomic E-state index is -0.985. The van der Waals surface area contributed by atoms with Gasteiger partial charge >= 0.3 is 0 Å². The predicted octanol–water partition coefficient (Wildman–Crippen LogP) is 42.1. The maximum Gasteiger partial charge on any atom is 0.137 e. The maximum absolute atomic E-state index is 5.37. The molecule has 0 spiro atoms. The Morgan fingerprint density at radius 1 is 0.354 bits per heavy atom. The Morgan fingerprint density at radius 2 is 0.729 bits per heavy atom. The lowest BCUT2D eigenvalue weighted by molar-refractivity contribution is 0.946. The van der Waals surface area contributed by atoms with Crippen molar-refractivity contribution in [1.82, 2.24) is 9.55 Å². The predicted molar refractivity (Wildman–Crippen MR) is 649 cm³/mol. The summed E-state index contributed by atoms with van der Waals surface area (Å²) in [5, 5.41) is 2.63. The number of fused-ring (bicyclic) bond motifs is 4. The van der Waals surface area contributed by atoms with Gasteiger partial charge in [-0.3, -0.25) is 4.57 Å². The molecule has 38 atom stereocenters. The molecule has 6 aromatic rings. The average molecular weight is 2390 g/mol. The zero-order valence-corrected chi connectivity index (χ0v) is 112. The molecule has 1 aliphatic heterocycles. The Kier molecular flexibility index (Phi) is 55.9. The van der Waals surface area contributed by atoms with Gasteiger partial charge in [-0.1, -0.05) is 76.6 Å². The minimum Gasteiger partial charge on any atom is -0.355 e. The fraction of sp³-hybridized carbons (Fsp3) is 0.0938. The highest BCUT2D eigenvalue weighted by Crippen LogP contribution is 3.43. The largest absolute Gasteiger partial charge is 0.355 e. The van der Waals surface area contributed by atoms with E-state index in [1.165, 1.54) is 38.9 Å². The summed E-state index contributed by atoms with van der Waals surface area (Å²) in [6, 6.07) is 44.7. The summed E-state index contributed by atoms with van der Waals surface area (Å²) >= 11 is 0. The maximum atomic E-state index is 5.37. The zero-order chi connectivity index (χ0) is 71.4. The number of anilines is 3. The van der Waals surface area contributed by atoms with Crippen molar-refractivity contribution in [2.45, 2.75) is 4.90 Å². The van der Waals surface area contributed by atoms with Gasteiger partial charge < -0.3 is 9.80 Å². The average Bonchev–Trinajstić information content (AvgIpc) is 0.847. The standard InChI is InChI=1S/C32H86N4P60/c1-34-21-35(29-14-5-4-13-28(29)34)24-10-8-9-22(19-24)32(23-16-17-26-25-11-2-3-12-27(25)36(30(26)20-23)31-15-6-7-18-33-31,69(87(85(67-37)71(39)40)91(73(43)44)74(45)46)89(93(77(51)52)78(53)54)94(79(55)56)80(57)58)70(88(86(68-38)72(41)42)92(75(47)48)76(49)50)90(95(81(59)60)82(61)62)96(83(63)64)84(65)66/h2-20,67-68H,21,37-66H2,1H3. The summed E-state index contributed by atoms with van der Waals surface area (Å²) in [6.07, 6.45) is 2.02. The van der Waals surface area contributed by atoms with Gasteiger partial charge in [-0.15, -0.1) is 268 Å². The van der Waals surface area contributed by atoms with Crippen LogP contribution in [0.5, 0.6) is 0 Å². The quantitative estimate of drug-likeness (QED) is 0.0376. The fourth-order valence-corrected chi connectivity index (χ4v) is 788. The van der Waals surface area contributed by atoms with Gasteiger partial charge in [-0.05, 0) is 256 Å². The number of hydrogen-bond acceptors (Lipinski definition) is 3. The van der Waals surface area contributed by atoms with Crippen LogP contribution in [0.15, 0.2) is 115 Å². The van der Waals surface area contributed by atoms with E-state index in [1.807, 2.05) is 6.20 Å². The Hall–Kier alpha value is 21.2. The summed E-state index contributed by atoms with van der Waals surface area (Å²) in [7, 11) is 112. The van der Waals surface area contributed by atoms with Gasteiger partial charge in [0, 0.05) is 29.7 Å². The van der Waals surface area contributed by atoms with E-state index in [1.54, 1.807) is 11.1 Å². The van der Waals surface area contributed by atoms with E-state index >= 15 is 0 Å². The molecule has 0 saturated carbocycles. The Bertz CT molecular complexity index is 3220. The molecule has 0 saturated heterocycles. The van der Waals surface area contributed by atoms with E-state index < -0.39 is 196 Å². The number of rotatable bonds is 34. The highest BCUT2D eigenvalue weighted by atomic mass is 33.5. The Morgan fingerprint density at radius 3 is 1.12 bits per heavy atom. The molecule has 38 unspecified atom stereocenters. The SMILES string of the molecule is CN1CN(c2cccc(C(c3ccc4c5ccccc5n(-c5ccccn5)c4c3)(P(P(P(PP)P(P)P)P(P(P)P)P(P)P)P(P(P(P)P)P(P)P)P(P(P)P)P(P)P)P(P(P(PP)P(P)P)P(P(P)P)P(P)P)P(P(P(P)P)P(P)P)P(P(P)P)P(P)P)c2)c2ccccc21. The van der Waals surface area contributed by atoms with Crippen molar-refractivity contribution < 1.29 is 0 Å². The first-order valence-electron chi connectivity index (χ1n) is 26.1. The van der Waals surface area contributed by atoms with Crippen LogP contribution in [0.25, 0.3) is 27.6 Å². The van der Waals surface area contributed by atoms with Crippen molar-refractivity contribution in [3.05, 3.63) is 127 Å². The Labute approximate surface area is 680 Å². The molecule has 0 radical (unpaired) electrons. The second-order valence-corrected chi connectivity index (χ2v) is 259. The molecule has 534 valence electrons. The molecular formula is C32H86N4P60. The molecule has 3 heterocycles. The van der Waals surface area contributed by atoms with Crippen molar-refractivity contribution in [2.75, 3.05) is 23.5 Å². The van der Waals surface area contributed by atoms with E-state index in [4.69, 9.17) is 4.98 Å². The van der Waals surface area contributed by atoms with Crippen LogP contribution < -0.4 is 9.80 Å². The van der Waals surface area contributed by atoms with E-state index in [-0.39, 0.29) is 4.90 Å². The van der Waals surface area contributed by atoms with Crippen molar-refractivity contribution in [3.8, 4) is 5.82 Å². The van der Waals surface area contributed by atoms with Gasteiger partial charge in [-0.2, -0.15) is 0 Å². The summed E-state index contributed by atoms with van der Waals surface area (Å²) in [5.41, 5.74) is 9.84. The van der Waals surface area contributed by atoms with Crippen molar-refractivity contribution in [1.29, 1.82) is 0 Å². The first kappa shape index (κ1) is 104.